The molecule has 0 aromatic rings. The highest BCUT2D eigenvalue weighted by Gasteiger charge is 1.97. The largest absolute Gasteiger partial charge is 0.389 e. The minimum atomic E-state index is -0.296. The lowest BCUT2D eigenvalue weighted by atomic mass is 10.1. The molecule has 1 N–H and O–H groups in total. The van der Waals surface area contributed by atoms with Crippen molar-refractivity contribution < 1.29 is 5.11 Å². The minimum Gasteiger partial charge on any atom is -0.389 e. The van der Waals surface area contributed by atoms with E-state index in [0.717, 1.165) is 19.3 Å². The van der Waals surface area contributed by atoms with Crippen LogP contribution in [0, 0.1) is 0 Å². The summed E-state index contributed by atoms with van der Waals surface area (Å²) in [6.07, 6.45) is 12.9. The van der Waals surface area contributed by atoms with Gasteiger partial charge >= 0.3 is 0 Å². The Morgan fingerprint density at radius 3 is 2.07 bits per heavy atom. The molecule has 0 aromatic heterocycles. The molecule has 0 aliphatic carbocycles. The Hall–Kier alpha value is -0.560. The Labute approximate surface area is 88.5 Å². The lowest BCUT2D eigenvalue weighted by Crippen LogP contribution is -2.00. The highest BCUT2D eigenvalue weighted by Crippen LogP contribution is 2.10. The second kappa shape index (κ2) is 10.5. The first-order valence-corrected chi connectivity index (χ1v) is 5.72. The van der Waals surface area contributed by atoms with E-state index in [9.17, 15) is 5.11 Å². The topological polar surface area (TPSA) is 20.2 Å². The van der Waals surface area contributed by atoms with E-state index >= 15 is 0 Å². The van der Waals surface area contributed by atoms with Crippen LogP contribution in [-0.2, 0) is 0 Å². The first-order valence-electron chi connectivity index (χ1n) is 5.72. The molecule has 0 heterocycles. The lowest BCUT2D eigenvalue weighted by molar-refractivity contribution is 0.208. The van der Waals surface area contributed by atoms with Crippen molar-refractivity contribution in [3.05, 3.63) is 25.3 Å². The zero-order valence-corrected chi connectivity index (χ0v) is 9.25. The van der Waals surface area contributed by atoms with Gasteiger partial charge in [-0.2, -0.15) is 0 Å². The van der Waals surface area contributed by atoms with Crippen LogP contribution in [0.1, 0.15) is 51.4 Å². The molecule has 14 heavy (non-hydrogen) atoms. The smallest absolute Gasteiger partial charge is 0.0718 e. The summed E-state index contributed by atoms with van der Waals surface area (Å²) in [5.41, 5.74) is 0. The third-order valence-electron chi connectivity index (χ3n) is 2.43. The van der Waals surface area contributed by atoms with Gasteiger partial charge in [0.05, 0.1) is 6.10 Å². The molecule has 0 saturated carbocycles. The number of aliphatic hydroxyl groups excluding tert-OH is 1. The van der Waals surface area contributed by atoms with Crippen molar-refractivity contribution in [2.45, 2.75) is 57.5 Å². The maximum atomic E-state index is 9.20. The standard InChI is InChI=1S/C13H24O/c1-3-5-6-7-8-9-10-11-12-13(14)4-2/h3-4,13-14H,1-2,5-12H2/t13-/m1/s1. The van der Waals surface area contributed by atoms with Crippen LogP contribution < -0.4 is 0 Å². The van der Waals surface area contributed by atoms with Gasteiger partial charge in [0.1, 0.15) is 0 Å². The number of rotatable bonds is 10. The number of allylic oxidation sites excluding steroid dienone is 1. The molecule has 1 heteroatoms. The molecular formula is C13H24O. The molecule has 1 nitrogen and oxygen atoms in total. The van der Waals surface area contributed by atoms with Crippen molar-refractivity contribution in [1.82, 2.24) is 0 Å². The van der Waals surface area contributed by atoms with Crippen LogP contribution in [0.25, 0.3) is 0 Å². The van der Waals surface area contributed by atoms with Crippen LogP contribution in [0.15, 0.2) is 25.3 Å². The van der Waals surface area contributed by atoms with E-state index in [2.05, 4.69) is 13.2 Å². The summed E-state index contributed by atoms with van der Waals surface area (Å²) in [5.74, 6) is 0. The summed E-state index contributed by atoms with van der Waals surface area (Å²) < 4.78 is 0. The molecule has 1 atom stereocenters. The Kier molecular flexibility index (Phi) is 10.1. The van der Waals surface area contributed by atoms with Crippen LogP contribution in [0.2, 0.25) is 0 Å². The highest BCUT2D eigenvalue weighted by atomic mass is 16.3. The van der Waals surface area contributed by atoms with E-state index in [4.69, 9.17) is 0 Å². The summed E-state index contributed by atoms with van der Waals surface area (Å²) in [6, 6.07) is 0. The van der Waals surface area contributed by atoms with Crippen LogP contribution in [0.5, 0.6) is 0 Å². The monoisotopic (exact) mass is 196 g/mol. The van der Waals surface area contributed by atoms with Gasteiger partial charge in [0.2, 0.25) is 0 Å². The van der Waals surface area contributed by atoms with Gasteiger partial charge in [-0.15, -0.1) is 13.2 Å². The average Bonchev–Trinajstić information content (AvgIpc) is 2.21. The maximum absolute atomic E-state index is 9.20. The third-order valence-corrected chi connectivity index (χ3v) is 2.43. The van der Waals surface area contributed by atoms with Crippen LogP contribution in [0.3, 0.4) is 0 Å². The Morgan fingerprint density at radius 2 is 1.50 bits per heavy atom. The molecule has 82 valence electrons. The number of hydrogen-bond donors (Lipinski definition) is 1. The van der Waals surface area contributed by atoms with Gasteiger partial charge in [0.25, 0.3) is 0 Å². The van der Waals surface area contributed by atoms with Crippen molar-refractivity contribution in [2.75, 3.05) is 0 Å². The van der Waals surface area contributed by atoms with Crippen molar-refractivity contribution in [3.8, 4) is 0 Å². The summed E-state index contributed by atoms with van der Waals surface area (Å²) in [4.78, 5) is 0. The molecule has 0 bridgehead atoms. The van der Waals surface area contributed by atoms with E-state index in [1.54, 1.807) is 6.08 Å². The maximum Gasteiger partial charge on any atom is 0.0718 e. The molecular weight excluding hydrogens is 172 g/mol. The molecule has 0 unspecified atom stereocenters. The Bertz CT molecular complexity index is 140. The predicted octanol–water partition coefficient (Wildman–Crippen LogP) is 3.84. The number of unbranched alkanes of at least 4 members (excludes halogenated alkanes) is 6. The Morgan fingerprint density at radius 1 is 0.929 bits per heavy atom. The van der Waals surface area contributed by atoms with Gasteiger partial charge < -0.3 is 5.11 Å². The average molecular weight is 196 g/mol. The molecule has 0 amide bonds. The molecule has 0 fully saturated rings. The van der Waals surface area contributed by atoms with Crippen molar-refractivity contribution in [3.63, 3.8) is 0 Å². The van der Waals surface area contributed by atoms with Gasteiger partial charge in [0.15, 0.2) is 0 Å². The molecule has 0 radical (unpaired) electrons. The first kappa shape index (κ1) is 13.4. The number of aliphatic hydroxyl groups is 1. The van der Waals surface area contributed by atoms with E-state index in [-0.39, 0.29) is 6.10 Å². The minimum absolute atomic E-state index is 0.296. The van der Waals surface area contributed by atoms with Gasteiger partial charge in [-0.3, -0.25) is 0 Å². The van der Waals surface area contributed by atoms with E-state index in [1.807, 2.05) is 6.08 Å². The first-order chi connectivity index (χ1) is 6.81. The molecule has 0 aliphatic heterocycles. The van der Waals surface area contributed by atoms with Gasteiger partial charge in [0, 0.05) is 0 Å². The van der Waals surface area contributed by atoms with E-state index in [0.29, 0.717) is 0 Å². The SMILES string of the molecule is C=CCCCCCCCC[C@H](O)C=C. The highest BCUT2D eigenvalue weighted by molar-refractivity contribution is 4.77. The van der Waals surface area contributed by atoms with Crippen LogP contribution in [-0.4, -0.2) is 11.2 Å². The molecule has 0 aliphatic rings. The zero-order valence-electron chi connectivity index (χ0n) is 9.25. The fourth-order valence-electron chi connectivity index (χ4n) is 1.47. The Balaban J connectivity index is 2.98. The van der Waals surface area contributed by atoms with E-state index < -0.39 is 0 Å². The summed E-state index contributed by atoms with van der Waals surface area (Å²) in [6.45, 7) is 7.25. The molecule has 0 spiro atoms. The number of hydrogen-bond acceptors (Lipinski definition) is 1. The fraction of sp³-hybridized carbons (Fsp3) is 0.692. The lowest BCUT2D eigenvalue weighted by Gasteiger charge is -2.04. The van der Waals surface area contributed by atoms with E-state index in [1.165, 1.54) is 32.1 Å². The van der Waals surface area contributed by atoms with Crippen molar-refractivity contribution in [2.24, 2.45) is 0 Å². The molecule has 0 rings (SSSR count). The molecule has 0 aromatic carbocycles. The second-order valence-electron chi connectivity index (χ2n) is 3.79. The van der Waals surface area contributed by atoms with Gasteiger partial charge in [-0.25, -0.2) is 0 Å². The normalized spacial score (nSPS) is 12.4. The summed E-state index contributed by atoms with van der Waals surface area (Å²) in [7, 11) is 0. The third kappa shape index (κ3) is 9.53. The summed E-state index contributed by atoms with van der Waals surface area (Å²) >= 11 is 0. The van der Waals surface area contributed by atoms with Gasteiger partial charge in [-0.05, 0) is 19.3 Å². The van der Waals surface area contributed by atoms with Crippen LogP contribution >= 0.6 is 0 Å². The van der Waals surface area contributed by atoms with Crippen molar-refractivity contribution in [1.29, 1.82) is 0 Å². The molecule has 0 saturated heterocycles. The van der Waals surface area contributed by atoms with Crippen LogP contribution in [0.4, 0.5) is 0 Å². The fourth-order valence-corrected chi connectivity index (χ4v) is 1.47. The van der Waals surface area contributed by atoms with Crippen molar-refractivity contribution >= 4 is 0 Å². The predicted molar refractivity (Wildman–Crippen MR) is 63.3 cm³/mol. The quantitative estimate of drug-likeness (QED) is 0.416. The van der Waals surface area contributed by atoms with Gasteiger partial charge in [-0.1, -0.05) is 44.3 Å². The zero-order chi connectivity index (χ0) is 10.6. The second-order valence-corrected chi connectivity index (χ2v) is 3.79. The summed E-state index contributed by atoms with van der Waals surface area (Å²) in [5, 5.41) is 9.20.